The number of aromatic nitrogens is 2. The Morgan fingerprint density at radius 3 is 2.90 bits per heavy atom. The van der Waals surface area contributed by atoms with Crippen molar-refractivity contribution in [3.05, 3.63) is 11.7 Å². The quantitative estimate of drug-likeness (QED) is 0.831. The van der Waals surface area contributed by atoms with Gasteiger partial charge in [-0.2, -0.15) is 4.98 Å². The van der Waals surface area contributed by atoms with Gasteiger partial charge in [0.2, 0.25) is 11.8 Å². The van der Waals surface area contributed by atoms with Crippen LogP contribution in [0.25, 0.3) is 0 Å². The topological polar surface area (TPSA) is 68.5 Å². The van der Waals surface area contributed by atoms with E-state index in [1.807, 2.05) is 4.90 Å². The molecule has 2 aliphatic rings. The summed E-state index contributed by atoms with van der Waals surface area (Å²) in [6.45, 7) is 1.94. The highest BCUT2D eigenvalue weighted by Gasteiger charge is 2.32. The highest BCUT2D eigenvalue weighted by atomic mass is 16.5. The van der Waals surface area contributed by atoms with Gasteiger partial charge in [0.25, 0.3) is 0 Å². The third kappa shape index (κ3) is 3.26. The van der Waals surface area contributed by atoms with Crippen molar-refractivity contribution < 1.29 is 14.1 Å². The van der Waals surface area contributed by atoms with Crippen LogP contribution < -0.4 is 0 Å². The SMILES string of the molecule is COCCC(=O)N1CCC(c2nc(C3CCCC3)no2)C1. The van der Waals surface area contributed by atoms with Crippen LogP contribution in [-0.2, 0) is 9.53 Å². The molecule has 3 rings (SSSR count). The molecule has 0 bridgehead atoms. The van der Waals surface area contributed by atoms with Gasteiger partial charge in [-0.15, -0.1) is 0 Å². The fraction of sp³-hybridized carbons (Fsp3) is 0.800. The molecule has 2 fully saturated rings. The van der Waals surface area contributed by atoms with Gasteiger partial charge in [0.1, 0.15) is 0 Å². The summed E-state index contributed by atoms with van der Waals surface area (Å²) in [5, 5.41) is 4.15. The zero-order valence-corrected chi connectivity index (χ0v) is 12.6. The molecular formula is C15H23N3O3. The van der Waals surface area contributed by atoms with E-state index in [0.29, 0.717) is 31.4 Å². The van der Waals surface area contributed by atoms with Crippen LogP contribution in [0.5, 0.6) is 0 Å². The van der Waals surface area contributed by atoms with Crippen LogP contribution in [-0.4, -0.2) is 47.8 Å². The third-order valence-corrected chi connectivity index (χ3v) is 4.59. The molecule has 1 saturated carbocycles. The van der Waals surface area contributed by atoms with Crippen molar-refractivity contribution >= 4 is 5.91 Å². The average Bonchev–Trinajstić information content (AvgIpc) is 3.24. The Bertz CT molecular complexity index is 482. The number of amides is 1. The minimum Gasteiger partial charge on any atom is -0.384 e. The number of hydrogen-bond donors (Lipinski definition) is 0. The Kier molecular flexibility index (Phi) is 4.53. The van der Waals surface area contributed by atoms with Crippen molar-refractivity contribution in [2.45, 2.75) is 50.4 Å². The molecule has 2 heterocycles. The first-order valence-electron chi connectivity index (χ1n) is 7.88. The minimum atomic E-state index is 0.148. The van der Waals surface area contributed by atoms with Crippen LogP contribution >= 0.6 is 0 Å². The average molecular weight is 293 g/mol. The Morgan fingerprint density at radius 1 is 1.33 bits per heavy atom. The van der Waals surface area contributed by atoms with Crippen molar-refractivity contribution in [2.24, 2.45) is 0 Å². The second-order valence-corrected chi connectivity index (χ2v) is 6.04. The van der Waals surface area contributed by atoms with E-state index >= 15 is 0 Å². The highest BCUT2D eigenvalue weighted by Crippen LogP contribution is 2.34. The predicted octanol–water partition coefficient (Wildman–Crippen LogP) is 2.08. The van der Waals surface area contributed by atoms with Gasteiger partial charge < -0.3 is 14.2 Å². The smallest absolute Gasteiger partial charge is 0.231 e. The molecule has 1 atom stereocenters. The van der Waals surface area contributed by atoms with E-state index < -0.39 is 0 Å². The Labute approximate surface area is 124 Å². The lowest BCUT2D eigenvalue weighted by Gasteiger charge is -2.15. The fourth-order valence-electron chi connectivity index (χ4n) is 3.30. The van der Waals surface area contributed by atoms with Gasteiger partial charge in [-0.25, -0.2) is 0 Å². The number of carbonyl (C=O) groups excluding carboxylic acids is 1. The molecule has 1 aromatic rings. The maximum atomic E-state index is 12.0. The third-order valence-electron chi connectivity index (χ3n) is 4.59. The second-order valence-electron chi connectivity index (χ2n) is 6.04. The van der Waals surface area contributed by atoms with Gasteiger partial charge in [-0.3, -0.25) is 4.79 Å². The zero-order chi connectivity index (χ0) is 14.7. The van der Waals surface area contributed by atoms with E-state index in [9.17, 15) is 4.79 Å². The van der Waals surface area contributed by atoms with Gasteiger partial charge in [-0.05, 0) is 19.3 Å². The lowest BCUT2D eigenvalue weighted by Crippen LogP contribution is -2.29. The van der Waals surface area contributed by atoms with Crippen molar-refractivity contribution in [2.75, 3.05) is 26.8 Å². The van der Waals surface area contributed by atoms with Crippen LogP contribution in [0, 0.1) is 0 Å². The number of methoxy groups -OCH3 is 1. The maximum Gasteiger partial charge on any atom is 0.231 e. The highest BCUT2D eigenvalue weighted by molar-refractivity contribution is 5.76. The summed E-state index contributed by atoms with van der Waals surface area (Å²) in [7, 11) is 1.61. The second kappa shape index (κ2) is 6.56. The zero-order valence-electron chi connectivity index (χ0n) is 12.6. The molecule has 116 valence electrons. The van der Waals surface area contributed by atoms with Crippen molar-refractivity contribution in [1.82, 2.24) is 15.0 Å². The molecule has 0 radical (unpaired) electrons. The van der Waals surface area contributed by atoms with Crippen LogP contribution in [0.15, 0.2) is 4.52 Å². The summed E-state index contributed by atoms with van der Waals surface area (Å²) < 4.78 is 10.4. The summed E-state index contributed by atoms with van der Waals surface area (Å²) in [5.41, 5.74) is 0. The molecule has 1 saturated heterocycles. The number of hydrogen-bond acceptors (Lipinski definition) is 5. The summed E-state index contributed by atoms with van der Waals surface area (Å²) in [6, 6.07) is 0. The van der Waals surface area contributed by atoms with E-state index in [-0.39, 0.29) is 11.8 Å². The molecule has 0 spiro atoms. The largest absolute Gasteiger partial charge is 0.384 e. The van der Waals surface area contributed by atoms with E-state index in [1.165, 1.54) is 25.7 Å². The summed E-state index contributed by atoms with van der Waals surface area (Å²) in [5.74, 6) is 2.39. The first-order valence-corrected chi connectivity index (χ1v) is 7.88. The van der Waals surface area contributed by atoms with Gasteiger partial charge in [0.15, 0.2) is 5.82 Å². The van der Waals surface area contributed by atoms with Crippen LogP contribution in [0.2, 0.25) is 0 Å². The lowest BCUT2D eigenvalue weighted by atomic mass is 10.1. The molecule has 0 aromatic carbocycles. The van der Waals surface area contributed by atoms with Crippen LogP contribution in [0.3, 0.4) is 0 Å². The maximum absolute atomic E-state index is 12.0. The molecular weight excluding hydrogens is 270 g/mol. The minimum absolute atomic E-state index is 0.148. The van der Waals surface area contributed by atoms with E-state index in [1.54, 1.807) is 7.11 Å². The predicted molar refractivity (Wildman–Crippen MR) is 75.9 cm³/mol. The fourth-order valence-corrected chi connectivity index (χ4v) is 3.30. The molecule has 6 nitrogen and oxygen atoms in total. The van der Waals surface area contributed by atoms with E-state index in [0.717, 1.165) is 18.8 Å². The van der Waals surface area contributed by atoms with Crippen LogP contribution in [0.1, 0.15) is 62.1 Å². The first kappa shape index (κ1) is 14.5. The van der Waals surface area contributed by atoms with Gasteiger partial charge >= 0.3 is 0 Å². The number of carbonyl (C=O) groups is 1. The summed E-state index contributed by atoms with van der Waals surface area (Å²) in [6.07, 6.45) is 6.22. The standard InChI is InChI=1S/C15H23N3O3/c1-20-9-7-13(19)18-8-6-12(10-18)15-16-14(17-21-15)11-4-2-3-5-11/h11-12H,2-10H2,1H3. The molecule has 1 aliphatic heterocycles. The molecule has 1 unspecified atom stereocenters. The van der Waals surface area contributed by atoms with Crippen molar-refractivity contribution in [1.29, 1.82) is 0 Å². The van der Waals surface area contributed by atoms with E-state index in [4.69, 9.17) is 9.26 Å². The monoisotopic (exact) mass is 293 g/mol. The first-order chi connectivity index (χ1) is 10.3. The number of ether oxygens (including phenoxy) is 1. The number of likely N-dealkylation sites (tertiary alicyclic amines) is 1. The summed E-state index contributed by atoms with van der Waals surface area (Å²) in [4.78, 5) is 18.4. The Hall–Kier alpha value is -1.43. The molecule has 6 heteroatoms. The van der Waals surface area contributed by atoms with Gasteiger partial charge in [-0.1, -0.05) is 18.0 Å². The van der Waals surface area contributed by atoms with Gasteiger partial charge in [0, 0.05) is 26.1 Å². The molecule has 1 aliphatic carbocycles. The molecule has 1 aromatic heterocycles. The van der Waals surface area contributed by atoms with E-state index in [2.05, 4.69) is 10.1 Å². The van der Waals surface area contributed by atoms with Crippen molar-refractivity contribution in [3.8, 4) is 0 Å². The molecule has 1 amide bonds. The molecule has 21 heavy (non-hydrogen) atoms. The Morgan fingerprint density at radius 2 is 2.14 bits per heavy atom. The molecule has 0 N–H and O–H groups in total. The van der Waals surface area contributed by atoms with Gasteiger partial charge in [0.05, 0.1) is 18.9 Å². The van der Waals surface area contributed by atoms with Crippen molar-refractivity contribution in [3.63, 3.8) is 0 Å². The summed E-state index contributed by atoms with van der Waals surface area (Å²) >= 11 is 0. The Balaban J connectivity index is 1.57. The van der Waals surface area contributed by atoms with Crippen LogP contribution in [0.4, 0.5) is 0 Å². The lowest BCUT2D eigenvalue weighted by molar-refractivity contribution is -0.131. The number of rotatable bonds is 5. The normalized spacial score (nSPS) is 23.1. The number of nitrogens with zero attached hydrogens (tertiary/aromatic N) is 3.